The molecule has 0 aliphatic carbocycles. The van der Waals surface area contributed by atoms with Crippen LogP contribution >= 0.6 is 0 Å². The molecule has 2 aromatic rings. The normalized spacial score (nSPS) is 11.2. The standard InChI is InChI=1S/C13H10F3N3O2/c1-21-12(20)10-11(17)18-6-9(19-10)7-4-2-3-5-8(7)13(14,15)16/h2-6H,1H3,(H2,17,18). The number of nitrogen functional groups attached to an aromatic ring is 1. The van der Waals surface area contributed by atoms with Crippen molar-refractivity contribution in [1.29, 1.82) is 0 Å². The third kappa shape index (κ3) is 2.93. The van der Waals surface area contributed by atoms with Crippen LogP contribution < -0.4 is 5.73 Å². The SMILES string of the molecule is COC(=O)c1nc(-c2ccccc2C(F)(F)F)cnc1N. The van der Waals surface area contributed by atoms with Crippen molar-refractivity contribution in [2.75, 3.05) is 12.8 Å². The van der Waals surface area contributed by atoms with E-state index >= 15 is 0 Å². The van der Waals surface area contributed by atoms with Crippen molar-refractivity contribution in [2.45, 2.75) is 6.18 Å². The van der Waals surface area contributed by atoms with Gasteiger partial charge in [0.1, 0.15) is 0 Å². The topological polar surface area (TPSA) is 78.1 Å². The molecule has 1 aromatic carbocycles. The highest BCUT2D eigenvalue weighted by atomic mass is 19.4. The number of halogens is 3. The largest absolute Gasteiger partial charge is 0.464 e. The number of carbonyl (C=O) groups is 1. The summed E-state index contributed by atoms with van der Waals surface area (Å²) in [5.41, 5.74) is 3.96. The molecular formula is C13H10F3N3O2. The molecule has 0 saturated carbocycles. The Balaban J connectivity index is 2.61. The molecule has 2 rings (SSSR count). The number of anilines is 1. The second-order valence-corrected chi connectivity index (χ2v) is 4.02. The maximum absolute atomic E-state index is 13.0. The first-order valence-corrected chi connectivity index (χ1v) is 5.72. The molecule has 0 spiro atoms. The van der Waals surface area contributed by atoms with Crippen LogP contribution in [-0.2, 0) is 10.9 Å². The number of nitrogens with zero attached hydrogens (tertiary/aromatic N) is 2. The van der Waals surface area contributed by atoms with E-state index in [1.54, 1.807) is 0 Å². The quantitative estimate of drug-likeness (QED) is 0.862. The number of hydrogen-bond donors (Lipinski definition) is 1. The maximum Gasteiger partial charge on any atom is 0.417 e. The van der Waals surface area contributed by atoms with Crippen LogP contribution in [0.2, 0.25) is 0 Å². The molecule has 0 saturated heterocycles. The van der Waals surface area contributed by atoms with Crippen molar-refractivity contribution in [3.63, 3.8) is 0 Å². The molecule has 0 unspecified atom stereocenters. The molecule has 0 aliphatic rings. The van der Waals surface area contributed by atoms with Gasteiger partial charge in [0.2, 0.25) is 0 Å². The van der Waals surface area contributed by atoms with Crippen LogP contribution in [0.4, 0.5) is 19.0 Å². The van der Waals surface area contributed by atoms with Crippen LogP contribution in [0.5, 0.6) is 0 Å². The van der Waals surface area contributed by atoms with Gasteiger partial charge in [-0.05, 0) is 6.07 Å². The van der Waals surface area contributed by atoms with Crippen molar-refractivity contribution in [1.82, 2.24) is 9.97 Å². The van der Waals surface area contributed by atoms with Gasteiger partial charge in [-0.25, -0.2) is 14.8 Å². The van der Waals surface area contributed by atoms with Crippen LogP contribution in [0.3, 0.4) is 0 Å². The zero-order valence-electron chi connectivity index (χ0n) is 10.8. The minimum Gasteiger partial charge on any atom is -0.464 e. The van der Waals surface area contributed by atoms with E-state index in [0.29, 0.717) is 0 Å². The second kappa shape index (κ2) is 5.39. The van der Waals surface area contributed by atoms with Crippen LogP contribution in [0, 0.1) is 0 Å². The molecule has 0 atom stereocenters. The van der Waals surface area contributed by atoms with Crippen molar-refractivity contribution in [3.8, 4) is 11.3 Å². The molecule has 1 heterocycles. The smallest absolute Gasteiger partial charge is 0.417 e. The number of ether oxygens (including phenoxy) is 1. The number of esters is 1. The van der Waals surface area contributed by atoms with E-state index in [2.05, 4.69) is 14.7 Å². The molecule has 110 valence electrons. The Morgan fingerprint density at radius 1 is 1.29 bits per heavy atom. The summed E-state index contributed by atoms with van der Waals surface area (Å²) in [6.07, 6.45) is -3.47. The molecule has 1 aromatic heterocycles. The van der Waals surface area contributed by atoms with Crippen molar-refractivity contribution >= 4 is 11.8 Å². The molecule has 0 radical (unpaired) electrons. The van der Waals surface area contributed by atoms with Gasteiger partial charge >= 0.3 is 12.1 Å². The predicted octanol–water partition coefficient (Wildman–Crippen LogP) is 2.53. The van der Waals surface area contributed by atoms with Gasteiger partial charge in [-0.3, -0.25) is 0 Å². The number of methoxy groups -OCH3 is 1. The van der Waals surface area contributed by atoms with Gasteiger partial charge in [0, 0.05) is 5.56 Å². The lowest BCUT2D eigenvalue weighted by Crippen LogP contribution is -2.12. The summed E-state index contributed by atoms with van der Waals surface area (Å²) in [7, 11) is 1.11. The van der Waals surface area contributed by atoms with Crippen molar-refractivity contribution in [3.05, 3.63) is 41.7 Å². The molecule has 21 heavy (non-hydrogen) atoms. The van der Waals surface area contributed by atoms with Crippen LogP contribution in [0.25, 0.3) is 11.3 Å². The fourth-order valence-corrected chi connectivity index (χ4v) is 1.73. The van der Waals surface area contributed by atoms with E-state index in [4.69, 9.17) is 5.73 Å². The number of aromatic nitrogens is 2. The Kier molecular flexibility index (Phi) is 3.79. The lowest BCUT2D eigenvalue weighted by molar-refractivity contribution is -0.137. The minimum absolute atomic E-state index is 0.113. The molecule has 0 bridgehead atoms. The summed E-state index contributed by atoms with van der Waals surface area (Å²) >= 11 is 0. The van der Waals surface area contributed by atoms with Crippen LogP contribution in [-0.4, -0.2) is 23.0 Å². The number of alkyl halides is 3. The van der Waals surface area contributed by atoms with Crippen LogP contribution in [0.15, 0.2) is 30.5 Å². The number of rotatable bonds is 2. The summed E-state index contributed by atoms with van der Waals surface area (Å²) in [5.74, 6) is -1.08. The molecule has 0 amide bonds. The Bertz CT molecular complexity index is 687. The van der Waals surface area contributed by atoms with E-state index in [9.17, 15) is 18.0 Å². The summed E-state index contributed by atoms with van der Waals surface area (Å²) in [5, 5.41) is 0. The monoisotopic (exact) mass is 297 g/mol. The third-order valence-electron chi connectivity index (χ3n) is 2.69. The first-order chi connectivity index (χ1) is 9.84. The van der Waals surface area contributed by atoms with E-state index in [1.807, 2.05) is 0 Å². The predicted molar refractivity (Wildman–Crippen MR) is 68.2 cm³/mol. The first-order valence-electron chi connectivity index (χ1n) is 5.72. The summed E-state index contributed by atoms with van der Waals surface area (Å²) in [6, 6.07) is 4.86. The van der Waals surface area contributed by atoms with E-state index in [-0.39, 0.29) is 22.8 Å². The fraction of sp³-hybridized carbons (Fsp3) is 0.154. The Morgan fingerprint density at radius 3 is 2.57 bits per heavy atom. The highest BCUT2D eigenvalue weighted by Gasteiger charge is 2.34. The molecule has 0 fully saturated rings. The third-order valence-corrected chi connectivity index (χ3v) is 2.69. The lowest BCUT2D eigenvalue weighted by atomic mass is 10.0. The van der Waals surface area contributed by atoms with Gasteiger partial charge in [0.05, 0.1) is 24.6 Å². The number of carbonyl (C=O) groups excluding carboxylic acids is 1. The number of benzene rings is 1. The van der Waals surface area contributed by atoms with Gasteiger partial charge in [-0.2, -0.15) is 13.2 Å². The highest BCUT2D eigenvalue weighted by Crippen LogP contribution is 2.36. The van der Waals surface area contributed by atoms with Gasteiger partial charge in [-0.15, -0.1) is 0 Å². The summed E-state index contributed by atoms with van der Waals surface area (Å²) < 4.78 is 43.4. The minimum atomic E-state index is -4.55. The van der Waals surface area contributed by atoms with Crippen molar-refractivity contribution < 1.29 is 22.7 Å². The molecule has 0 aliphatic heterocycles. The molecular weight excluding hydrogens is 287 g/mol. The maximum atomic E-state index is 13.0. The fourth-order valence-electron chi connectivity index (χ4n) is 1.73. The van der Waals surface area contributed by atoms with E-state index in [1.165, 1.54) is 18.2 Å². The van der Waals surface area contributed by atoms with Gasteiger partial charge in [0.25, 0.3) is 0 Å². The zero-order valence-corrected chi connectivity index (χ0v) is 10.8. The Labute approximate surface area is 117 Å². The average molecular weight is 297 g/mol. The highest BCUT2D eigenvalue weighted by molar-refractivity contribution is 5.92. The van der Waals surface area contributed by atoms with E-state index < -0.39 is 17.7 Å². The van der Waals surface area contributed by atoms with Gasteiger partial charge in [0.15, 0.2) is 11.5 Å². The first kappa shape index (κ1) is 14.8. The molecule has 8 heteroatoms. The average Bonchev–Trinajstić information content (AvgIpc) is 2.46. The van der Waals surface area contributed by atoms with E-state index in [0.717, 1.165) is 19.4 Å². The molecule has 5 nitrogen and oxygen atoms in total. The van der Waals surface area contributed by atoms with Gasteiger partial charge < -0.3 is 10.5 Å². The van der Waals surface area contributed by atoms with Crippen molar-refractivity contribution in [2.24, 2.45) is 0 Å². The molecule has 2 N–H and O–H groups in total. The number of hydrogen-bond acceptors (Lipinski definition) is 5. The lowest BCUT2D eigenvalue weighted by Gasteiger charge is -2.12. The summed E-state index contributed by atoms with van der Waals surface area (Å²) in [6.45, 7) is 0. The van der Waals surface area contributed by atoms with Crippen LogP contribution in [0.1, 0.15) is 16.1 Å². The Morgan fingerprint density at radius 2 is 1.95 bits per heavy atom. The Hall–Kier alpha value is -2.64. The number of nitrogens with two attached hydrogens (primary N) is 1. The zero-order chi connectivity index (χ0) is 15.6. The van der Waals surface area contributed by atoms with Gasteiger partial charge in [-0.1, -0.05) is 18.2 Å². The summed E-state index contributed by atoms with van der Waals surface area (Å²) in [4.78, 5) is 19.0. The second-order valence-electron chi connectivity index (χ2n) is 4.02.